The predicted molar refractivity (Wildman–Crippen MR) is 92.5 cm³/mol. The Labute approximate surface area is 136 Å². The zero-order valence-corrected chi connectivity index (χ0v) is 14.3. The highest BCUT2D eigenvalue weighted by molar-refractivity contribution is 5.93. The predicted octanol–water partition coefficient (Wildman–Crippen LogP) is 3.67. The van der Waals surface area contributed by atoms with Gasteiger partial charge in [0, 0.05) is 12.6 Å². The van der Waals surface area contributed by atoms with E-state index in [2.05, 4.69) is 17.6 Å². The third-order valence-electron chi connectivity index (χ3n) is 5.74. The molecule has 21 heavy (non-hydrogen) atoms. The van der Waals surface area contributed by atoms with E-state index in [1.54, 1.807) is 0 Å². The second-order valence-corrected chi connectivity index (χ2v) is 7.11. The smallest absolute Gasteiger partial charge is 0.117 e. The fourth-order valence-corrected chi connectivity index (χ4v) is 4.42. The molecule has 2 aliphatic carbocycles. The molecule has 1 heterocycles. The first-order valence-electron chi connectivity index (χ1n) is 8.88. The lowest BCUT2D eigenvalue weighted by Crippen LogP contribution is -2.65. The van der Waals surface area contributed by atoms with Crippen molar-refractivity contribution in [1.29, 1.82) is 0 Å². The van der Waals surface area contributed by atoms with Gasteiger partial charge in [0.05, 0.1) is 12.1 Å². The lowest BCUT2D eigenvalue weighted by molar-refractivity contribution is 0.212. The van der Waals surface area contributed by atoms with Gasteiger partial charge in [-0.15, -0.1) is 12.4 Å². The van der Waals surface area contributed by atoms with Crippen molar-refractivity contribution in [1.82, 2.24) is 10.6 Å². The summed E-state index contributed by atoms with van der Waals surface area (Å²) in [6.07, 6.45) is 13.7. The molecule has 122 valence electrons. The maximum Gasteiger partial charge on any atom is 0.117 e. The molecule has 2 fully saturated rings. The van der Waals surface area contributed by atoms with E-state index in [9.17, 15) is 0 Å². The quantitative estimate of drug-likeness (QED) is 0.725. The Bertz CT molecular complexity index is 350. The average Bonchev–Trinajstić information content (AvgIpc) is 2.73. The van der Waals surface area contributed by atoms with E-state index >= 15 is 0 Å². The van der Waals surface area contributed by atoms with Gasteiger partial charge < -0.3 is 10.6 Å². The van der Waals surface area contributed by atoms with Gasteiger partial charge in [-0.2, -0.15) is 0 Å². The molecule has 0 saturated heterocycles. The third-order valence-corrected chi connectivity index (χ3v) is 5.74. The topological polar surface area (TPSA) is 36.4 Å². The van der Waals surface area contributed by atoms with Gasteiger partial charge >= 0.3 is 0 Å². The van der Waals surface area contributed by atoms with E-state index in [4.69, 9.17) is 4.99 Å². The fraction of sp³-hybridized carbons (Fsp3) is 0.941. The fourth-order valence-electron chi connectivity index (χ4n) is 4.42. The molecule has 0 bridgehead atoms. The van der Waals surface area contributed by atoms with Crippen LogP contribution >= 0.6 is 12.4 Å². The summed E-state index contributed by atoms with van der Waals surface area (Å²) >= 11 is 0. The van der Waals surface area contributed by atoms with Gasteiger partial charge in [0.25, 0.3) is 0 Å². The van der Waals surface area contributed by atoms with E-state index < -0.39 is 0 Å². The van der Waals surface area contributed by atoms with E-state index in [0.29, 0.717) is 12.0 Å². The minimum absolute atomic E-state index is 0. The van der Waals surface area contributed by atoms with Crippen molar-refractivity contribution in [3.63, 3.8) is 0 Å². The minimum Gasteiger partial charge on any atom is -0.370 e. The molecule has 3 rings (SSSR count). The molecule has 1 aliphatic heterocycles. The van der Waals surface area contributed by atoms with Crippen molar-refractivity contribution in [2.45, 2.75) is 82.7 Å². The second kappa shape index (κ2) is 7.82. The van der Waals surface area contributed by atoms with Crippen LogP contribution in [0.1, 0.15) is 71.1 Å². The standard InChI is InChI=1S/C17H31N3.ClH/c1-14-8-6-7-11-17(14)16(18-12-13-19-17)20-15-9-4-2-3-5-10-15;/h14-15,19H,2-13H2,1H3,(H,18,20);1H. The molecule has 2 unspecified atom stereocenters. The molecule has 0 amide bonds. The lowest BCUT2D eigenvalue weighted by atomic mass is 9.72. The monoisotopic (exact) mass is 313 g/mol. The van der Waals surface area contributed by atoms with Gasteiger partial charge in [0.15, 0.2) is 0 Å². The Morgan fingerprint density at radius 3 is 2.48 bits per heavy atom. The van der Waals surface area contributed by atoms with Crippen molar-refractivity contribution >= 4 is 18.2 Å². The maximum absolute atomic E-state index is 4.92. The molecule has 3 nitrogen and oxygen atoms in total. The van der Waals surface area contributed by atoms with Crippen molar-refractivity contribution in [3.8, 4) is 0 Å². The number of amidine groups is 1. The van der Waals surface area contributed by atoms with Gasteiger partial charge in [-0.05, 0) is 31.6 Å². The summed E-state index contributed by atoms with van der Waals surface area (Å²) in [7, 11) is 0. The summed E-state index contributed by atoms with van der Waals surface area (Å²) in [5.41, 5.74) is 0.169. The van der Waals surface area contributed by atoms with Crippen LogP contribution in [0.4, 0.5) is 0 Å². The van der Waals surface area contributed by atoms with Crippen LogP contribution in [0.25, 0.3) is 0 Å². The van der Waals surface area contributed by atoms with Gasteiger partial charge in [-0.25, -0.2) is 0 Å². The zero-order valence-electron chi connectivity index (χ0n) is 13.5. The normalized spacial score (nSPS) is 34.7. The first-order valence-corrected chi connectivity index (χ1v) is 8.88. The Morgan fingerprint density at radius 2 is 1.76 bits per heavy atom. The Balaban J connectivity index is 0.00000161. The van der Waals surface area contributed by atoms with E-state index in [0.717, 1.165) is 13.1 Å². The molecule has 0 radical (unpaired) electrons. The molecule has 2 N–H and O–H groups in total. The van der Waals surface area contributed by atoms with Crippen LogP contribution in [0.2, 0.25) is 0 Å². The van der Waals surface area contributed by atoms with Crippen molar-refractivity contribution in [2.75, 3.05) is 13.1 Å². The highest BCUT2D eigenvalue weighted by Gasteiger charge is 2.44. The number of halogens is 1. The van der Waals surface area contributed by atoms with Crippen LogP contribution in [-0.4, -0.2) is 30.5 Å². The summed E-state index contributed by atoms with van der Waals surface area (Å²) in [5.74, 6) is 2.02. The molecule has 0 aromatic carbocycles. The molecular weight excluding hydrogens is 282 g/mol. The Kier molecular flexibility index (Phi) is 6.36. The van der Waals surface area contributed by atoms with Crippen LogP contribution in [-0.2, 0) is 0 Å². The molecule has 0 aromatic heterocycles. The molecule has 0 aromatic rings. The summed E-state index contributed by atoms with van der Waals surface area (Å²) in [6.45, 7) is 4.42. The van der Waals surface area contributed by atoms with Gasteiger partial charge in [0.2, 0.25) is 0 Å². The van der Waals surface area contributed by atoms with E-state index in [1.165, 1.54) is 70.0 Å². The van der Waals surface area contributed by atoms with Crippen LogP contribution in [0.3, 0.4) is 0 Å². The van der Waals surface area contributed by atoms with Crippen molar-refractivity contribution in [2.24, 2.45) is 10.9 Å². The molecule has 4 heteroatoms. The molecule has 2 saturated carbocycles. The van der Waals surface area contributed by atoms with Crippen LogP contribution < -0.4 is 10.6 Å². The summed E-state index contributed by atoms with van der Waals surface area (Å²) < 4.78 is 0. The van der Waals surface area contributed by atoms with Crippen molar-refractivity contribution in [3.05, 3.63) is 0 Å². The number of hydrogen-bond donors (Lipinski definition) is 2. The number of rotatable bonds is 1. The highest BCUT2D eigenvalue weighted by atomic mass is 35.5. The number of aliphatic imine (C=N–C) groups is 1. The van der Waals surface area contributed by atoms with Crippen LogP contribution in [0.15, 0.2) is 4.99 Å². The lowest BCUT2D eigenvalue weighted by Gasteiger charge is -2.47. The summed E-state index contributed by atoms with van der Waals surface area (Å²) in [6, 6.07) is 0.669. The summed E-state index contributed by atoms with van der Waals surface area (Å²) in [5, 5.41) is 7.72. The first-order chi connectivity index (χ1) is 9.81. The van der Waals surface area contributed by atoms with E-state index in [1.807, 2.05) is 0 Å². The Hall–Kier alpha value is -0.280. The average molecular weight is 314 g/mol. The SMILES string of the molecule is CC1CCCCC12NCCN=C2NC1CCCCCC1.Cl. The molecule has 2 atom stereocenters. The Morgan fingerprint density at radius 1 is 1.05 bits per heavy atom. The minimum atomic E-state index is 0. The van der Waals surface area contributed by atoms with Gasteiger partial charge in [-0.1, -0.05) is 45.4 Å². The van der Waals surface area contributed by atoms with E-state index in [-0.39, 0.29) is 17.9 Å². The first kappa shape index (κ1) is 17.1. The number of hydrogen-bond acceptors (Lipinski definition) is 3. The van der Waals surface area contributed by atoms with Gasteiger partial charge in [-0.3, -0.25) is 4.99 Å². The highest BCUT2D eigenvalue weighted by Crippen LogP contribution is 2.35. The molecule has 1 spiro atoms. The van der Waals surface area contributed by atoms with Crippen LogP contribution in [0.5, 0.6) is 0 Å². The molecule has 3 aliphatic rings. The van der Waals surface area contributed by atoms with Crippen LogP contribution in [0, 0.1) is 5.92 Å². The van der Waals surface area contributed by atoms with Gasteiger partial charge in [0.1, 0.15) is 5.84 Å². The zero-order chi connectivity index (χ0) is 13.8. The largest absolute Gasteiger partial charge is 0.370 e. The molecular formula is C17H32ClN3. The maximum atomic E-state index is 4.92. The number of nitrogens with zero attached hydrogens (tertiary/aromatic N) is 1. The van der Waals surface area contributed by atoms with Crippen molar-refractivity contribution < 1.29 is 0 Å². The number of nitrogens with one attached hydrogen (secondary N) is 2. The second-order valence-electron chi connectivity index (χ2n) is 7.11. The third kappa shape index (κ3) is 3.73. The summed E-state index contributed by atoms with van der Waals surface area (Å²) in [4.78, 5) is 4.92.